The lowest BCUT2D eigenvalue weighted by Crippen LogP contribution is -2.40. The first-order chi connectivity index (χ1) is 18.5. The Morgan fingerprint density at radius 1 is 1.03 bits per heavy atom. The zero-order valence-corrected chi connectivity index (χ0v) is 21.5. The lowest BCUT2D eigenvalue weighted by atomic mass is 9.93. The number of carbonyl (C=O) groups excluding carboxylic acids is 2. The van der Waals surface area contributed by atoms with Crippen LogP contribution < -0.4 is 20.2 Å². The number of aromatic nitrogens is 1. The van der Waals surface area contributed by atoms with Gasteiger partial charge in [-0.2, -0.15) is 0 Å². The van der Waals surface area contributed by atoms with E-state index in [1.54, 1.807) is 6.92 Å². The Morgan fingerprint density at radius 3 is 2.45 bits per heavy atom. The van der Waals surface area contributed by atoms with Gasteiger partial charge in [-0.25, -0.2) is 9.79 Å². The van der Waals surface area contributed by atoms with E-state index in [9.17, 15) is 14.4 Å². The fourth-order valence-corrected chi connectivity index (χ4v) is 6.04. The Bertz CT molecular complexity index is 1820. The molecule has 188 valence electrons. The van der Waals surface area contributed by atoms with E-state index in [0.717, 1.165) is 28.0 Å². The minimum Gasteiger partial charge on any atom is -0.463 e. The van der Waals surface area contributed by atoms with Crippen molar-refractivity contribution in [2.75, 3.05) is 11.9 Å². The van der Waals surface area contributed by atoms with Crippen LogP contribution >= 0.6 is 11.3 Å². The maximum atomic E-state index is 14.1. The first-order valence-corrected chi connectivity index (χ1v) is 13.1. The van der Waals surface area contributed by atoms with Gasteiger partial charge in [-0.1, -0.05) is 83.6 Å². The number of carbonyl (C=O) groups is 2. The van der Waals surface area contributed by atoms with Crippen molar-refractivity contribution in [1.29, 1.82) is 0 Å². The van der Waals surface area contributed by atoms with Crippen LogP contribution in [0, 0.1) is 6.92 Å². The number of fused-ring (bicyclic) bond motifs is 2. The molecule has 4 aromatic rings. The van der Waals surface area contributed by atoms with E-state index in [2.05, 4.69) is 5.32 Å². The van der Waals surface area contributed by atoms with Gasteiger partial charge in [0.2, 0.25) is 0 Å². The van der Waals surface area contributed by atoms with Gasteiger partial charge in [-0.15, -0.1) is 0 Å². The summed E-state index contributed by atoms with van der Waals surface area (Å²) >= 11 is 1.16. The molecule has 1 atom stereocenters. The predicted octanol–water partition coefficient (Wildman–Crippen LogP) is 3.57. The molecule has 7 nitrogen and oxygen atoms in total. The number of hydrogen-bond acceptors (Lipinski definition) is 6. The van der Waals surface area contributed by atoms with Gasteiger partial charge >= 0.3 is 5.97 Å². The van der Waals surface area contributed by atoms with Crippen LogP contribution in [-0.2, 0) is 14.3 Å². The smallest absolute Gasteiger partial charge is 0.338 e. The second-order valence-electron chi connectivity index (χ2n) is 9.04. The molecule has 38 heavy (non-hydrogen) atoms. The fraction of sp³-hybridized carbons (Fsp3) is 0.133. The van der Waals surface area contributed by atoms with Gasteiger partial charge in [0.25, 0.3) is 11.5 Å². The second kappa shape index (κ2) is 9.39. The van der Waals surface area contributed by atoms with E-state index in [1.807, 2.05) is 85.8 Å². The van der Waals surface area contributed by atoms with Crippen LogP contribution in [0.15, 0.2) is 94.2 Å². The van der Waals surface area contributed by atoms with Crippen LogP contribution in [0.4, 0.5) is 5.69 Å². The van der Waals surface area contributed by atoms with Gasteiger partial charge in [-0.05, 0) is 31.5 Å². The van der Waals surface area contributed by atoms with Crippen LogP contribution in [0.5, 0.6) is 0 Å². The van der Waals surface area contributed by atoms with E-state index in [1.165, 1.54) is 4.57 Å². The normalized spacial score (nSPS) is 17.4. The summed E-state index contributed by atoms with van der Waals surface area (Å²) in [5, 5.41) is 2.87. The van der Waals surface area contributed by atoms with E-state index in [4.69, 9.17) is 9.73 Å². The number of anilines is 1. The van der Waals surface area contributed by atoms with Gasteiger partial charge in [-0.3, -0.25) is 14.2 Å². The molecule has 0 spiro atoms. The topological polar surface area (TPSA) is 89.8 Å². The molecule has 0 aliphatic carbocycles. The van der Waals surface area contributed by atoms with E-state index < -0.39 is 12.0 Å². The quantitative estimate of drug-likeness (QED) is 0.416. The van der Waals surface area contributed by atoms with Gasteiger partial charge in [0.05, 0.1) is 29.5 Å². The molecular weight excluding hydrogens is 498 g/mol. The standard InChI is InChI=1S/C30H23N3O4S/c1-3-37-29(36)23-24(18-10-6-4-7-11-18)32-30-33(25(23)19-12-8-5-9-13-19)28(35)26(38-30)22-20-16-17(2)14-15-21(20)31-27(22)34/h4-16,25H,3H2,1-2H3,(H,31,34)/b26-22-/t25-/m1/s1. The highest BCUT2D eigenvalue weighted by Crippen LogP contribution is 2.35. The SMILES string of the molecule is CCOC(=O)C1=C(c2ccccc2)N=c2s/c(=C3\C(=O)Nc4ccc(C)cc43)c(=O)n2[C@@H]1c1ccccc1. The van der Waals surface area contributed by atoms with Gasteiger partial charge in [0, 0.05) is 16.8 Å². The molecule has 2 aliphatic heterocycles. The molecule has 3 heterocycles. The third-order valence-electron chi connectivity index (χ3n) is 6.61. The largest absolute Gasteiger partial charge is 0.463 e. The summed E-state index contributed by atoms with van der Waals surface area (Å²) in [6, 6.07) is 23.6. The van der Waals surface area contributed by atoms with Crippen LogP contribution in [0.2, 0.25) is 0 Å². The Hall–Kier alpha value is -4.56. The van der Waals surface area contributed by atoms with E-state index >= 15 is 0 Å². The molecule has 1 aromatic heterocycles. The minimum atomic E-state index is -0.780. The average molecular weight is 522 g/mol. The first-order valence-electron chi connectivity index (χ1n) is 12.3. The van der Waals surface area contributed by atoms with E-state index in [0.29, 0.717) is 27.3 Å². The van der Waals surface area contributed by atoms with Crippen LogP contribution in [-0.4, -0.2) is 23.1 Å². The predicted molar refractivity (Wildman–Crippen MR) is 146 cm³/mol. The molecule has 1 N–H and O–H groups in total. The maximum Gasteiger partial charge on any atom is 0.338 e. The molecule has 1 amide bonds. The molecule has 2 aliphatic rings. The van der Waals surface area contributed by atoms with Gasteiger partial charge in [0.15, 0.2) is 4.80 Å². The zero-order valence-electron chi connectivity index (χ0n) is 20.7. The fourth-order valence-electron chi connectivity index (χ4n) is 4.95. The molecule has 0 unspecified atom stereocenters. The first kappa shape index (κ1) is 23.8. The highest BCUT2D eigenvalue weighted by Gasteiger charge is 2.36. The summed E-state index contributed by atoms with van der Waals surface area (Å²) < 4.78 is 7.28. The number of hydrogen-bond donors (Lipinski definition) is 1. The van der Waals surface area contributed by atoms with Crippen LogP contribution in [0.3, 0.4) is 0 Å². The average Bonchev–Trinajstić information content (AvgIpc) is 3.43. The number of ether oxygens (including phenoxy) is 1. The number of amides is 1. The van der Waals surface area contributed by atoms with Crippen LogP contribution in [0.25, 0.3) is 11.3 Å². The molecule has 0 fully saturated rings. The zero-order chi connectivity index (χ0) is 26.4. The van der Waals surface area contributed by atoms with Gasteiger partial charge < -0.3 is 10.1 Å². The highest BCUT2D eigenvalue weighted by molar-refractivity contribution is 7.07. The second-order valence-corrected chi connectivity index (χ2v) is 10.0. The number of nitrogens with zero attached hydrogens (tertiary/aromatic N) is 2. The molecule has 6 rings (SSSR count). The summed E-state index contributed by atoms with van der Waals surface area (Å²) in [4.78, 5) is 46.0. The molecular formula is C30H23N3O4S. The number of aryl methyl sites for hydroxylation is 1. The molecule has 0 saturated heterocycles. The molecule has 0 bridgehead atoms. The summed E-state index contributed by atoms with van der Waals surface area (Å²) in [6.45, 7) is 3.86. The number of thiazole rings is 1. The maximum absolute atomic E-state index is 14.1. The third-order valence-corrected chi connectivity index (χ3v) is 7.66. The van der Waals surface area contributed by atoms with Crippen molar-refractivity contribution >= 4 is 40.2 Å². The van der Waals surface area contributed by atoms with Crippen molar-refractivity contribution in [1.82, 2.24) is 4.57 Å². The Balaban J connectivity index is 1.72. The van der Waals surface area contributed by atoms with Gasteiger partial charge in [0.1, 0.15) is 4.53 Å². The number of esters is 1. The number of nitrogens with one attached hydrogen (secondary N) is 1. The third kappa shape index (κ3) is 3.81. The molecule has 3 aromatic carbocycles. The van der Waals surface area contributed by atoms with E-state index in [-0.39, 0.29) is 28.2 Å². The van der Waals surface area contributed by atoms with Crippen molar-refractivity contribution in [2.45, 2.75) is 19.9 Å². The summed E-state index contributed by atoms with van der Waals surface area (Å²) in [5.41, 5.74) is 4.47. The van der Waals surface area contributed by atoms with Crippen LogP contribution in [0.1, 0.15) is 35.2 Å². The van der Waals surface area contributed by atoms with Crippen molar-refractivity contribution in [3.63, 3.8) is 0 Å². The number of rotatable bonds is 4. The lowest BCUT2D eigenvalue weighted by Gasteiger charge is -2.25. The lowest BCUT2D eigenvalue weighted by molar-refractivity contribution is -0.138. The van der Waals surface area contributed by atoms with Crippen molar-refractivity contribution < 1.29 is 14.3 Å². The molecule has 8 heteroatoms. The Morgan fingerprint density at radius 2 is 1.74 bits per heavy atom. The number of benzene rings is 3. The van der Waals surface area contributed by atoms with Crippen molar-refractivity contribution in [3.8, 4) is 0 Å². The van der Waals surface area contributed by atoms with Crippen molar-refractivity contribution in [3.05, 3.63) is 126 Å². The molecule has 0 saturated carbocycles. The minimum absolute atomic E-state index is 0.177. The summed E-state index contributed by atoms with van der Waals surface area (Å²) in [6.07, 6.45) is 0. The Kier molecular flexibility index (Phi) is 5.88. The Labute approximate surface area is 222 Å². The molecule has 0 radical (unpaired) electrons. The highest BCUT2D eigenvalue weighted by atomic mass is 32.1. The summed E-state index contributed by atoms with van der Waals surface area (Å²) in [7, 11) is 0. The summed E-state index contributed by atoms with van der Waals surface area (Å²) in [5.74, 6) is -0.874. The monoisotopic (exact) mass is 521 g/mol. The van der Waals surface area contributed by atoms with Crippen molar-refractivity contribution in [2.24, 2.45) is 4.99 Å².